The Morgan fingerprint density at radius 1 is 1.06 bits per heavy atom. The van der Waals surface area contributed by atoms with Crippen LogP contribution in [0, 0.1) is 0 Å². The largest absolute Gasteiger partial charge is 0.350 e. The molecule has 4 nitrogen and oxygen atoms in total. The number of amides is 2. The Morgan fingerprint density at radius 3 is 2.58 bits per heavy atom. The highest BCUT2D eigenvalue weighted by Crippen LogP contribution is 2.42. The predicted octanol–water partition coefficient (Wildman–Crippen LogP) is 6.18. The second-order valence-corrected chi connectivity index (χ2v) is 9.04. The molecule has 31 heavy (non-hydrogen) atoms. The highest BCUT2D eigenvalue weighted by molar-refractivity contribution is 7.99. The lowest BCUT2D eigenvalue weighted by molar-refractivity contribution is 0.0936. The van der Waals surface area contributed by atoms with Gasteiger partial charge in [0.1, 0.15) is 0 Å². The van der Waals surface area contributed by atoms with Gasteiger partial charge >= 0.3 is 0 Å². The van der Waals surface area contributed by atoms with E-state index >= 15 is 0 Å². The van der Waals surface area contributed by atoms with Crippen LogP contribution in [0.5, 0.6) is 0 Å². The Bertz CT molecular complexity index is 1150. The van der Waals surface area contributed by atoms with Crippen LogP contribution in [0.4, 0.5) is 5.69 Å². The summed E-state index contributed by atoms with van der Waals surface area (Å²) in [5.41, 5.74) is 2.73. The number of carbonyl (C=O) groups is 2. The normalized spacial score (nSPS) is 13.8. The monoisotopic (exact) mass is 450 g/mol. The number of halogens is 1. The fourth-order valence-electron chi connectivity index (χ4n) is 3.42. The Balaban J connectivity index is 1.80. The summed E-state index contributed by atoms with van der Waals surface area (Å²) in [5, 5.41) is 3.60. The first-order valence-electron chi connectivity index (χ1n) is 10.2. The van der Waals surface area contributed by atoms with E-state index in [1.807, 2.05) is 74.5 Å². The van der Waals surface area contributed by atoms with E-state index in [0.29, 0.717) is 28.4 Å². The standard InChI is InChI=1S/C25H23ClN2O2S/c1-3-16(2)27-24(29)17-12-13-23-21(14-17)28(15-18-8-4-6-10-20(18)26)25(30)19-9-5-7-11-22(19)31-23/h4-14,16H,3,15H2,1-2H3,(H,27,29)/t16-/m1/s1. The maximum Gasteiger partial charge on any atom is 0.259 e. The molecule has 1 N–H and O–H groups in total. The first kappa shape index (κ1) is 21.5. The van der Waals surface area contributed by atoms with E-state index in [9.17, 15) is 9.59 Å². The molecule has 1 aliphatic rings. The minimum absolute atomic E-state index is 0.0748. The van der Waals surface area contributed by atoms with Crippen molar-refractivity contribution in [3.8, 4) is 0 Å². The van der Waals surface area contributed by atoms with Gasteiger partial charge in [0.25, 0.3) is 11.8 Å². The maximum atomic E-state index is 13.6. The van der Waals surface area contributed by atoms with Gasteiger partial charge in [0.2, 0.25) is 0 Å². The second kappa shape index (κ2) is 9.16. The van der Waals surface area contributed by atoms with Crippen molar-refractivity contribution in [2.24, 2.45) is 0 Å². The molecule has 0 saturated carbocycles. The van der Waals surface area contributed by atoms with Crippen LogP contribution in [-0.2, 0) is 6.54 Å². The molecule has 0 unspecified atom stereocenters. The molecule has 3 aromatic carbocycles. The molecular formula is C25H23ClN2O2S. The van der Waals surface area contributed by atoms with Gasteiger partial charge < -0.3 is 10.2 Å². The first-order chi connectivity index (χ1) is 15.0. The summed E-state index contributed by atoms with van der Waals surface area (Å²) in [7, 11) is 0. The van der Waals surface area contributed by atoms with Crippen molar-refractivity contribution in [1.82, 2.24) is 5.32 Å². The third kappa shape index (κ3) is 4.48. The summed E-state index contributed by atoms with van der Waals surface area (Å²) in [6, 6.07) is 20.7. The molecule has 0 radical (unpaired) electrons. The summed E-state index contributed by atoms with van der Waals surface area (Å²) in [5.74, 6) is -0.254. The van der Waals surface area contributed by atoms with Crippen molar-refractivity contribution >= 4 is 40.9 Å². The van der Waals surface area contributed by atoms with Gasteiger partial charge in [0.05, 0.1) is 17.8 Å². The lowest BCUT2D eigenvalue weighted by atomic mass is 10.1. The predicted molar refractivity (Wildman–Crippen MR) is 126 cm³/mol. The molecule has 0 aromatic heterocycles. The van der Waals surface area contributed by atoms with Crippen LogP contribution in [0.3, 0.4) is 0 Å². The molecule has 1 atom stereocenters. The Hall–Kier alpha value is -2.76. The van der Waals surface area contributed by atoms with Crippen LogP contribution < -0.4 is 10.2 Å². The molecule has 1 aliphatic heterocycles. The molecule has 6 heteroatoms. The van der Waals surface area contributed by atoms with E-state index in [1.165, 1.54) is 11.8 Å². The van der Waals surface area contributed by atoms with Crippen LogP contribution in [0.2, 0.25) is 5.02 Å². The molecule has 1 heterocycles. The zero-order valence-electron chi connectivity index (χ0n) is 17.4. The van der Waals surface area contributed by atoms with Gasteiger partial charge in [-0.1, -0.05) is 60.6 Å². The highest BCUT2D eigenvalue weighted by atomic mass is 35.5. The van der Waals surface area contributed by atoms with Gasteiger partial charge in [0, 0.05) is 26.4 Å². The van der Waals surface area contributed by atoms with Crippen LogP contribution in [0.25, 0.3) is 0 Å². The molecule has 4 rings (SSSR count). The SMILES string of the molecule is CC[C@@H](C)NC(=O)c1ccc2c(c1)N(Cc1ccccc1Cl)C(=O)c1ccccc1S2. The Labute approximate surface area is 191 Å². The quantitative estimate of drug-likeness (QED) is 0.505. The molecule has 0 bridgehead atoms. The Kier molecular flexibility index (Phi) is 6.35. The average molecular weight is 451 g/mol. The van der Waals surface area contributed by atoms with Gasteiger partial charge in [-0.15, -0.1) is 0 Å². The van der Waals surface area contributed by atoms with E-state index in [0.717, 1.165) is 21.8 Å². The van der Waals surface area contributed by atoms with Crippen molar-refractivity contribution in [3.05, 3.63) is 88.4 Å². The molecule has 158 valence electrons. The summed E-state index contributed by atoms with van der Waals surface area (Å²) in [4.78, 5) is 29.9. The minimum Gasteiger partial charge on any atom is -0.350 e. The summed E-state index contributed by atoms with van der Waals surface area (Å²) in [6.07, 6.45) is 0.846. The number of anilines is 1. The van der Waals surface area contributed by atoms with E-state index in [-0.39, 0.29) is 17.9 Å². The number of fused-ring (bicyclic) bond motifs is 2. The molecule has 0 saturated heterocycles. The number of nitrogens with one attached hydrogen (secondary N) is 1. The molecule has 0 aliphatic carbocycles. The van der Waals surface area contributed by atoms with Crippen LogP contribution in [-0.4, -0.2) is 17.9 Å². The topological polar surface area (TPSA) is 49.4 Å². The molecule has 0 fully saturated rings. The molecule has 0 spiro atoms. The zero-order valence-corrected chi connectivity index (χ0v) is 19.0. The van der Waals surface area contributed by atoms with Gasteiger partial charge in [-0.2, -0.15) is 0 Å². The van der Waals surface area contributed by atoms with Crippen molar-refractivity contribution in [2.75, 3.05) is 4.90 Å². The van der Waals surface area contributed by atoms with Crippen LogP contribution in [0.1, 0.15) is 46.5 Å². The number of carbonyl (C=O) groups excluding carboxylic acids is 2. The van der Waals surface area contributed by atoms with Gasteiger partial charge in [0.15, 0.2) is 0 Å². The third-order valence-electron chi connectivity index (χ3n) is 5.37. The van der Waals surface area contributed by atoms with Crippen LogP contribution in [0.15, 0.2) is 76.5 Å². The van der Waals surface area contributed by atoms with Crippen molar-refractivity contribution in [1.29, 1.82) is 0 Å². The number of rotatable bonds is 5. The fourth-order valence-corrected chi connectivity index (χ4v) is 4.68. The second-order valence-electron chi connectivity index (χ2n) is 7.55. The lowest BCUT2D eigenvalue weighted by Gasteiger charge is -2.24. The number of nitrogens with zero attached hydrogens (tertiary/aromatic N) is 1. The van der Waals surface area contributed by atoms with Crippen molar-refractivity contribution in [3.63, 3.8) is 0 Å². The van der Waals surface area contributed by atoms with Gasteiger partial charge in [-0.25, -0.2) is 0 Å². The van der Waals surface area contributed by atoms with E-state index < -0.39 is 0 Å². The van der Waals surface area contributed by atoms with Gasteiger partial charge in [-0.3, -0.25) is 9.59 Å². The number of hydrogen-bond donors (Lipinski definition) is 1. The molecule has 3 aromatic rings. The van der Waals surface area contributed by atoms with Crippen molar-refractivity contribution in [2.45, 2.75) is 42.6 Å². The lowest BCUT2D eigenvalue weighted by Crippen LogP contribution is -2.33. The maximum absolute atomic E-state index is 13.6. The zero-order chi connectivity index (χ0) is 22.0. The van der Waals surface area contributed by atoms with Gasteiger partial charge in [-0.05, 0) is 55.3 Å². The number of hydrogen-bond acceptors (Lipinski definition) is 3. The first-order valence-corrected chi connectivity index (χ1v) is 11.4. The van der Waals surface area contributed by atoms with E-state index in [1.54, 1.807) is 11.0 Å². The van der Waals surface area contributed by atoms with E-state index in [4.69, 9.17) is 11.6 Å². The smallest absolute Gasteiger partial charge is 0.259 e. The number of benzene rings is 3. The van der Waals surface area contributed by atoms with Crippen molar-refractivity contribution < 1.29 is 9.59 Å². The molecule has 2 amide bonds. The fraction of sp³-hybridized carbons (Fsp3) is 0.200. The average Bonchev–Trinajstić information content (AvgIpc) is 2.89. The highest BCUT2D eigenvalue weighted by Gasteiger charge is 2.28. The van der Waals surface area contributed by atoms with E-state index in [2.05, 4.69) is 5.32 Å². The summed E-state index contributed by atoms with van der Waals surface area (Å²) < 4.78 is 0. The third-order valence-corrected chi connectivity index (χ3v) is 6.88. The minimum atomic E-state index is -0.144. The summed E-state index contributed by atoms with van der Waals surface area (Å²) in [6.45, 7) is 4.32. The van der Waals surface area contributed by atoms with Crippen LogP contribution >= 0.6 is 23.4 Å². The molecular weight excluding hydrogens is 428 g/mol. The summed E-state index contributed by atoms with van der Waals surface area (Å²) >= 11 is 7.94. The Morgan fingerprint density at radius 2 is 1.81 bits per heavy atom.